The van der Waals surface area contributed by atoms with Gasteiger partial charge in [0, 0.05) is 16.8 Å². The van der Waals surface area contributed by atoms with E-state index in [0.29, 0.717) is 5.69 Å². The van der Waals surface area contributed by atoms with Crippen LogP contribution in [0.5, 0.6) is 0 Å². The third-order valence-electron chi connectivity index (χ3n) is 6.90. The Bertz CT molecular complexity index is 1780. The van der Waals surface area contributed by atoms with Crippen LogP contribution in [-0.2, 0) is 6.42 Å². The second kappa shape index (κ2) is 6.53. The van der Waals surface area contributed by atoms with E-state index in [2.05, 4.69) is 53.1 Å². The highest BCUT2D eigenvalue weighted by Crippen LogP contribution is 2.45. The minimum atomic E-state index is -0.272. The Labute approximate surface area is 189 Å². The predicted octanol–water partition coefficient (Wildman–Crippen LogP) is 7.42. The number of para-hydroxylation sites is 1. The summed E-state index contributed by atoms with van der Waals surface area (Å²) in [4.78, 5) is 11.9. The van der Waals surface area contributed by atoms with Gasteiger partial charge in [-0.1, -0.05) is 72.8 Å². The second-order valence-electron chi connectivity index (χ2n) is 8.62. The Morgan fingerprint density at radius 3 is 2.30 bits per heavy atom. The lowest BCUT2D eigenvalue weighted by molar-refractivity contribution is -0.384. The van der Waals surface area contributed by atoms with Crippen LogP contribution in [0.25, 0.3) is 49.4 Å². The zero-order chi connectivity index (χ0) is 22.1. The van der Waals surface area contributed by atoms with Crippen LogP contribution in [0.3, 0.4) is 0 Å². The molecule has 0 unspecified atom stereocenters. The van der Waals surface area contributed by atoms with Crippen LogP contribution in [0, 0.1) is 10.1 Å². The molecule has 0 saturated carbocycles. The monoisotopic (exact) mass is 426 g/mol. The van der Waals surface area contributed by atoms with Crippen molar-refractivity contribution in [3.05, 3.63) is 118 Å². The van der Waals surface area contributed by atoms with E-state index in [9.17, 15) is 10.1 Å². The number of nitrogens with zero attached hydrogens (tertiary/aromatic N) is 2. The van der Waals surface area contributed by atoms with Crippen molar-refractivity contribution in [2.75, 3.05) is 0 Å². The van der Waals surface area contributed by atoms with Crippen LogP contribution in [0.15, 0.2) is 97.1 Å². The molecule has 7 rings (SSSR count). The number of aromatic nitrogens is 1. The van der Waals surface area contributed by atoms with Gasteiger partial charge in [0.1, 0.15) is 5.69 Å². The van der Waals surface area contributed by atoms with Gasteiger partial charge in [-0.05, 0) is 57.6 Å². The number of nitro benzene ring substituents is 1. The summed E-state index contributed by atoms with van der Waals surface area (Å²) >= 11 is 0. The van der Waals surface area contributed by atoms with Crippen molar-refractivity contribution in [1.29, 1.82) is 0 Å². The minimum Gasteiger partial charge on any atom is -0.303 e. The number of rotatable bonds is 2. The van der Waals surface area contributed by atoms with Crippen molar-refractivity contribution in [2.45, 2.75) is 6.42 Å². The van der Waals surface area contributed by atoms with Crippen LogP contribution in [0.4, 0.5) is 5.69 Å². The fraction of sp³-hybridized carbons (Fsp3) is 0.0345. The van der Waals surface area contributed by atoms with Gasteiger partial charge in [0.25, 0.3) is 5.69 Å². The molecule has 0 radical (unpaired) electrons. The van der Waals surface area contributed by atoms with E-state index in [1.807, 2.05) is 42.5 Å². The molecule has 4 heteroatoms. The predicted molar refractivity (Wildman–Crippen MR) is 133 cm³/mol. The van der Waals surface area contributed by atoms with Gasteiger partial charge in [0.15, 0.2) is 0 Å². The molecule has 1 aliphatic carbocycles. The fourth-order valence-electron chi connectivity index (χ4n) is 5.50. The van der Waals surface area contributed by atoms with Crippen LogP contribution in [-0.4, -0.2) is 9.49 Å². The summed E-state index contributed by atoms with van der Waals surface area (Å²) in [6, 6.07) is 32.5. The Kier molecular flexibility index (Phi) is 3.59. The van der Waals surface area contributed by atoms with Gasteiger partial charge in [-0.2, -0.15) is 0 Å². The Morgan fingerprint density at radius 1 is 0.727 bits per heavy atom. The molecule has 0 fully saturated rings. The van der Waals surface area contributed by atoms with Crippen LogP contribution < -0.4 is 0 Å². The SMILES string of the molecule is O=[N+]([O-])c1cc2ccccc2cc1-n1c2ccccc2c2c3c(ccc21)-c1ccccc1C3. The zero-order valence-electron chi connectivity index (χ0n) is 17.7. The van der Waals surface area contributed by atoms with Gasteiger partial charge in [0.05, 0.1) is 16.0 Å². The maximum Gasteiger partial charge on any atom is 0.293 e. The van der Waals surface area contributed by atoms with E-state index >= 15 is 0 Å². The van der Waals surface area contributed by atoms with Gasteiger partial charge < -0.3 is 4.57 Å². The molecule has 4 nitrogen and oxygen atoms in total. The standard InChI is InChI=1S/C29H18N2O2/c32-31(33)28-17-19-8-2-1-7-18(19)16-27(28)30-25-12-6-5-11-23(25)29-24-15-20-9-3-4-10-21(20)22(24)13-14-26(29)30/h1-14,16-17H,15H2. The molecule has 1 aliphatic rings. The topological polar surface area (TPSA) is 48.1 Å². The Morgan fingerprint density at radius 2 is 1.45 bits per heavy atom. The number of fused-ring (bicyclic) bond motifs is 8. The Hall–Kier alpha value is -4.44. The molecular formula is C29H18N2O2. The highest BCUT2D eigenvalue weighted by Gasteiger charge is 2.26. The quantitative estimate of drug-likeness (QED) is 0.213. The summed E-state index contributed by atoms with van der Waals surface area (Å²) < 4.78 is 2.07. The van der Waals surface area contributed by atoms with Crippen LogP contribution in [0.1, 0.15) is 11.1 Å². The van der Waals surface area contributed by atoms with E-state index in [-0.39, 0.29) is 10.6 Å². The average molecular weight is 426 g/mol. The van der Waals surface area contributed by atoms with Crippen LogP contribution in [0.2, 0.25) is 0 Å². The largest absolute Gasteiger partial charge is 0.303 e. The molecule has 1 heterocycles. The maximum absolute atomic E-state index is 12.2. The average Bonchev–Trinajstić information content (AvgIpc) is 3.38. The molecule has 0 atom stereocenters. The van der Waals surface area contributed by atoms with Crippen molar-refractivity contribution in [3.63, 3.8) is 0 Å². The van der Waals surface area contributed by atoms with Crippen molar-refractivity contribution in [1.82, 2.24) is 4.57 Å². The first kappa shape index (κ1) is 18.2. The molecule has 33 heavy (non-hydrogen) atoms. The van der Waals surface area contributed by atoms with Gasteiger partial charge in [0.2, 0.25) is 0 Å². The molecule has 0 N–H and O–H groups in total. The molecule has 0 bridgehead atoms. The molecule has 156 valence electrons. The smallest absolute Gasteiger partial charge is 0.293 e. The van der Waals surface area contributed by atoms with Gasteiger partial charge in [-0.3, -0.25) is 10.1 Å². The van der Waals surface area contributed by atoms with Gasteiger partial charge in [-0.15, -0.1) is 0 Å². The molecule has 5 aromatic carbocycles. The second-order valence-corrected chi connectivity index (χ2v) is 8.62. The first-order valence-electron chi connectivity index (χ1n) is 11.0. The molecule has 6 aromatic rings. The summed E-state index contributed by atoms with van der Waals surface area (Å²) in [6.45, 7) is 0. The highest BCUT2D eigenvalue weighted by atomic mass is 16.6. The zero-order valence-corrected chi connectivity index (χ0v) is 17.7. The van der Waals surface area contributed by atoms with Crippen molar-refractivity contribution in [3.8, 4) is 16.8 Å². The van der Waals surface area contributed by atoms with E-state index in [4.69, 9.17) is 0 Å². The Balaban J connectivity index is 1.63. The first-order chi connectivity index (χ1) is 16.2. The molecular weight excluding hydrogens is 408 g/mol. The lowest BCUT2D eigenvalue weighted by Gasteiger charge is -2.11. The van der Waals surface area contributed by atoms with E-state index in [0.717, 1.165) is 33.6 Å². The summed E-state index contributed by atoms with van der Waals surface area (Å²) in [5.74, 6) is 0. The summed E-state index contributed by atoms with van der Waals surface area (Å²) in [5, 5.41) is 16.3. The first-order valence-corrected chi connectivity index (χ1v) is 11.0. The highest BCUT2D eigenvalue weighted by molar-refractivity contribution is 6.14. The number of nitro groups is 1. The van der Waals surface area contributed by atoms with E-state index in [1.54, 1.807) is 6.07 Å². The molecule has 0 aliphatic heterocycles. The lowest BCUT2D eigenvalue weighted by atomic mass is 10.0. The van der Waals surface area contributed by atoms with E-state index < -0.39 is 0 Å². The lowest BCUT2D eigenvalue weighted by Crippen LogP contribution is -2.00. The summed E-state index contributed by atoms with van der Waals surface area (Å²) in [7, 11) is 0. The van der Waals surface area contributed by atoms with Crippen LogP contribution >= 0.6 is 0 Å². The molecule has 0 spiro atoms. The molecule has 0 saturated heterocycles. The minimum absolute atomic E-state index is 0.111. The molecule has 0 amide bonds. The van der Waals surface area contributed by atoms with E-state index in [1.165, 1.54) is 27.6 Å². The van der Waals surface area contributed by atoms with Crippen molar-refractivity contribution in [2.24, 2.45) is 0 Å². The maximum atomic E-state index is 12.2. The number of benzene rings is 5. The summed E-state index contributed by atoms with van der Waals surface area (Å²) in [6.07, 6.45) is 0.872. The molecule has 1 aromatic heterocycles. The van der Waals surface area contributed by atoms with Gasteiger partial charge >= 0.3 is 0 Å². The third-order valence-corrected chi connectivity index (χ3v) is 6.90. The summed E-state index contributed by atoms with van der Waals surface area (Å²) in [5.41, 5.74) is 7.86. The number of hydrogen-bond acceptors (Lipinski definition) is 2. The van der Waals surface area contributed by atoms with Crippen molar-refractivity contribution < 1.29 is 4.92 Å². The number of hydrogen-bond donors (Lipinski definition) is 0. The normalized spacial score (nSPS) is 12.4. The van der Waals surface area contributed by atoms with Gasteiger partial charge in [-0.25, -0.2) is 0 Å². The third kappa shape index (κ3) is 2.46. The fourth-order valence-corrected chi connectivity index (χ4v) is 5.50. The van der Waals surface area contributed by atoms with Crippen molar-refractivity contribution >= 4 is 38.3 Å².